The van der Waals surface area contributed by atoms with Gasteiger partial charge in [-0.3, -0.25) is 0 Å². The summed E-state index contributed by atoms with van der Waals surface area (Å²) in [5.74, 6) is 1.11. The number of anilines is 1. The monoisotopic (exact) mass is 371 g/mol. The lowest BCUT2D eigenvalue weighted by atomic mass is 9.94. The van der Waals surface area contributed by atoms with Crippen LogP contribution in [0.3, 0.4) is 0 Å². The highest BCUT2D eigenvalue weighted by molar-refractivity contribution is 7.91. The first-order chi connectivity index (χ1) is 12.5. The molecule has 0 aliphatic carbocycles. The quantitative estimate of drug-likeness (QED) is 0.731. The minimum absolute atomic E-state index is 0.0844. The molecule has 0 bridgehead atoms. The van der Waals surface area contributed by atoms with Gasteiger partial charge in [0.2, 0.25) is 0 Å². The number of aromatic amines is 1. The van der Waals surface area contributed by atoms with E-state index in [2.05, 4.69) is 39.1 Å². The first-order valence-corrected chi connectivity index (χ1v) is 10.4. The fraction of sp³-hybridized carbons (Fsp3) is 0.389. The number of sulfone groups is 1. The van der Waals surface area contributed by atoms with Gasteiger partial charge in [0.05, 0.1) is 23.0 Å². The molecule has 0 spiro atoms. The van der Waals surface area contributed by atoms with E-state index in [0.29, 0.717) is 22.8 Å². The van der Waals surface area contributed by atoms with Crippen LogP contribution in [-0.4, -0.2) is 34.1 Å². The van der Waals surface area contributed by atoms with Crippen LogP contribution in [0, 0.1) is 5.92 Å². The second kappa shape index (κ2) is 6.35. The van der Waals surface area contributed by atoms with Gasteiger partial charge >= 0.3 is 0 Å². The van der Waals surface area contributed by atoms with Crippen LogP contribution < -0.4 is 5.32 Å². The number of H-pyrrole nitrogens is 1. The molecule has 136 valence electrons. The maximum Gasteiger partial charge on any atom is 0.182 e. The number of fused-ring (bicyclic) bond motifs is 2. The van der Waals surface area contributed by atoms with Crippen molar-refractivity contribution in [3.05, 3.63) is 42.0 Å². The van der Waals surface area contributed by atoms with Gasteiger partial charge in [-0.15, -0.1) is 0 Å². The molecule has 0 fully saturated rings. The number of nitrogens with one attached hydrogen (secondary N) is 2. The van der Waals surface area contributed by atoms with Crippen molar-refractivity contribution in [2.75, 3.05) is 11.1 Å². The molecule has 2 N–H and O–H groups in total. The molecular formula is C18H21N5O2S. The summed E-state index contributed by atoms with van der Waals surface area (Å²) in [6, 6.07) is 5.71. The van der Waals surface area contributed by atoms with Crippen LogP contribution in [0.15, 0.2) is 35.7 Å². The van der Waals surface area contributed by atoms with Gasteiger partial charge < -0.3 is 10.3 Å². The molecular weight excluding hydrogens is 350 g/mol. The molecule has 3 aromatic rings. The first-order valence-electron chi connectivity index (χ1n) is 8.72. The van der Waals surface area contributed by atoms with Gasteiger partial charge in [0.25, 0.3) is 0 Å². The average molecular weight is 371 g/mol. The second-order valence-corrected chi connectivity index (χ2v) is 9.06. The van der Waals surface area contributed by atoms with Crippen molar-refractivity contribution < 1.29 is 8.42 Å². The summed E-state index contributed by atoms with van der Waals surface area (Å²) in [5, 5.41) is 3.44. The van der Waals surface area contributed by atoms with Gasteiger partial charge in [-0.05, 0) is 36.0 Å². The van der Waals surface area contributed by atoms with Crippen LogP contribution in [0.25, 0.3) is 11.2 Å². The summed E-state index contributed by atoms with van der Waals surface area (Å²) in [6.45, 7) is 4.19. The number of hydrogen-bond donors (Lipinski definition) is 2. The summed E-state index contributed by atoms with van der Waals surface area (Å²) >= 11 is 0. The van der Waals surface area contributed by atoms with Crippen molar-refractivity contribution in [1.29, 1.82) is 0 Å². The van der Waals surface area contributed by atoms with Crippen molar-refractivity contribution in [3.63, 3.8) is 0 Å². The van der Waals surface area contributed by atoms with Gasteiger partial charge in [0, 0.05) is 0 Å². The Balaban J connectivity index is 1.75. The Labute approximate surface area is 152 Å². The van der Waals surface area contributed by atoms with E-state index in [1.165, 1.54) is 6.33 Å². The number of rotatable bonds is 4. The molecule has 1 aromatic carbocycles. The van der Waals surface area contributed by atoms with E-state index < -0.39 is 9.84 Å². The molecule has 0 unspecified atom stereocenters. The SMILES string of the molecule is CC(C)[C@H](Nc1ncnc2nc[nH]c12)c1ccc2c(c1)S(=O)(=O)CCC2. The van der Waals surface area contributed by atoms with Crippen molar-refractivity contribution >= 4 is 26.8 Å². The predicted octanol–water partition coefficient (Wildman–Crippen LogP) is 2.88. The zero-order valence-electron chi connectivity index (χ0n) is 14.7. The molecule has 8 heteroatoms. The van der Waals surface area contributed by atoms with E-state index in [-0.39, 0.29) is 17.7 Å². The lowest BCUT2D eigenvalue weighted by Gasteiger charge is -2.25. The first kappa shape index (κ1) is 17.0. The van der Waals surface area contributed by atoms with Gasteiger partial charge in [-0.1, -0.05) is 26.0 Å². The number of imidazole rings is 1. The molecule has 1 aliphatic rings. The summed E-state index contributed by atoms with van der Waals surface area (Å²) in [5.41, 5.74) is 3.19. The fourth-order valence-electron chi connectivity index (χ4n) is 3.48. The van der Waals surface area contributed by atoms with Gasteiger partial charge in [0.15, 0.2) is 21.3 Å². The van der Waals surface area contributed by atoms with Crippen LogP contribution in [-0.2, 0) is 16.3 Å². The van der Waals surface area contributed by atoms with Crippen LogP contribution in [0.4, 0.5) is 5.82 Å². The Morgan fingerprint density at radius 1 is 1.19 bits per heavy atom. The Bertz CT molecular complexity index is 1060. The minimum atomic E-state index is -3.19. The third-order valence-electron chi connectivity index (χ3n) is 4.83. The summed E-state index contributed by atoms with van der Waals surface area (Å²) in [6.07, 6.45) is 4.56. The number of benzene rings is 1. The number of aryl methyl sites for hydroxylation is 1. The molecule has 3 heterocycles. The molecule has 0 amide bonds. The van der Waals surface area contributed by atoms with Gasteiger partial charge in [0.1, 0.15) is 11.8 Å². The molecule has 4 rings (SSSR count). The summed E-state index contributed by atoms with van der Waals surface area (Å²) in [7, 11) is -3.19. The highest BCUT2D eigenvalue weighted by atomic mass is 32.2. The minimum Gasteiger partial charge on any atom is -0.361 e. The molecule has 1 aliphatic heterocycles. The van der Waals surface area contributed by atoms with Crippen molar-refractivity contribution in [1.82, 2.24) is 19.9 Å². The van der Waals surface area contributed by atoms with E-state index in [0.717, 1.165) is 23.1 Å². The van der Waals surface area contributed by atoms with Crippen LogP contribution in [0.5, 0.6) is 0 Å². The van der Waals surface area contributed by atoms with E-state index in [4.69, 9.17) is 0 Å². The Morgan fingerprint density at radius 2 is 2.04 bits per heavy atom. The Hall–Kier alpha value is -2.48. The summed E-state index contributed by atoms with van der Waals surface area (Å²) < 4.78 is 24.9. The zero-order valence-corrected chi connectivity index (χ0v) is 15.5. The third kappa shape index (κ3) is 2.94. The molecule has 7 nitrogen and oxygen atoms in total. The Morgan fingerprint density at radius 3 is 2.85 bits per heavy atom. The van der Waals surface area contributed by atoms with Crippen molar-refractivity contribution in [3.8, 4) is 0 Å². The van der Waals surface area contributed by atoms with Crippen LogP contribution in [0.2, 0.25) is 0 Å². The topological polar surface area (TPSA) is 101 Å². The number of nitrogens with zero attached hydrogens (tertiary/aromatic N) is 3. The second-order valence-electron chi connectivity index (χ2n) is 6.98. The average Bonchev–Trinajstić information content (AvgIpc) is 3.08. The summed E-state index contributed by atoms with van der Waals surface area (Å²) in [4.78, 5) is 16.1. The van der Waals surface area contributed by atoms with Crippen molar-refractivity contribution in [2.45, 2.75) is 37.6 Å². The number of aromatic nitrogens is 4. The molecule has 0 saturated heterocycles. The van der Waals surface area contributed by atoms with E-state index in [1.54, 1.807) is 6.33 Å². The maximum atomic E-state index is 12.5. The highest BCUT2D eigenvalue weighted by Gasteiger charge is 2.26. The van der Waals surface area contributed by atoms with Crippen LogP contribution in [0.1, 0.15) is 37.4 Å². The largest absolute Gasteiger partial charge is 0.361 e. The highest BCUT2D eigenvalue weighted by Crippen LogP contribution is 2.32. The van der Waals surface area contributed by atoms with Gasteiger partial charge in [-0.25, -0.2) is 23.4 Å². The zero-order chi connectivity index (χ0) is 18.3. The van der Waals surface area contributed by atoms with Crippen molar-refractivity contribution in [2.24, 2.45) is 5.92 Å². The molecule has 1 atom stereocenters. The molecule has 26 heavy (non-hydrogen) atoms. The maximum absolute atomic E-state index is 12.5. The lowest BCUT2D eigenvalue weighted by Crippen LogP contribution is -2.21. The normalized spacial score (nSPS) is 17.2. The van der Waals surface area contributed by atoms with E-state index in [1.807, 2.05) is 18.2 Å². The predicted molar refractivity (Wildman–Crippen MR) is 99.7 cm³/mol. The molecule has 2 aromatic heterocycles. The third-order valence-corrected chi connectivity index (χ3v) is 6.70. The smallest absolute Gasteiger partial charge is 0.182 e. The Kier molecular flexibility index (Phi) is 4.14. The fourth-order valence-corrected chi connectivity index (χ4v) is 5.11. The van der Waals surface area contributed by atoms with E-state index >= 15 is 0 Å². The van der Waals surface area contributed by atoms with E-state index in [9.17, 15) is 8.42 Å². The standard InChI is InChI=1S/C18H21N5O2S/c1-11(2)15(23-18-16-17(20-9-19-16)21-10-22-18)13-6-5-12-4-3-7-26(24,25)14(12)8-13/h5-6,8-11,15H,3-4,7H2,1-2H3,(H2,19,20,21,22,23)/t15-/m0/s1. The number of hydrogen-bond acceptors (Lipinski definition) is 6. The molecule has 0 saturated carbocycles. The molecule has 0 radical (unpaired) electrons. The van der Waals surface area contributed by atoms with Crippen LogP contribution >= 0.6 is 0 Å². The lowest BCUT2D eigenvalue weighted by molar-refractivity contribution is 0.542. The van der Waals surface area contributed by atoms with Gasteiger partial charge in [-0.2, -0.15) is 0 Å².